The molecule has 0 fully saturated rings. The summed E-state index contributed by atoms with van der Waals surface area (Å²) in [7, 11) is 4.84. The SMILES string of the molecule is COc1ccc(C(=O)Cc2ncnn2C)c(OC)c1. The molecule has 0 spiro atoms. The van der Waals surface area contributed by atoms with Crippen LogP contribution in [0.4, 0.5) is 0 Å². The zero-order valence-corrected chi connectivity index (χ0v) is 11.1. The lowest BCUT2D eigenvalue weighted by atomic mass is 10.1. The quantitative estimate of drug-likeness (QED) is 0.758. The number of hydrogen-bond donors (Lipinski definition) is 0. The molecule has 0 aliphatic heterocycles. The van der Waals surface area contributed by atoms with E-state index in [-0.39, 0.29) is 12.2 Å². The van der Waals surface area contributed by atoms with E-state index in [1.54, 1.807) is 37.0 Å². The summed E-state index contributed by atoms with van der Waals surface area (Å²) in [5, 5.41) is 3.94. The monoisotopic (exact) mass is 261 g/mol. The highest BCUT2D eigenvalue weighted by Crippen LogP contribution is 2.25. The lowest BCUT2D eigenvalue weighted by molar-refractivity contribution is 0.0986. The van der Waals surface area contributed by atoms with Gasteiger partial charge in [0, 0.05) is 13.1 Å². The highest BCUT2D eigenvalue weighted by Gasteiger charge is 2.16. The summed E-state index contributed by atoms with van der Waals surface area (Å²) < 4.78 is 11.9. The van der Waals surface area contributed by atoms with Crippen LogP contribution in [0, 0.1) is 0 Å². The minimum atomic E-state index is -0.0735. The van der Waals surface area contributed by atoms with Gasteiger partial charge in [-0.15, -0.1) is 0 Å². The lowest BCUT2D eigenvalue weighted by Crippen LogP contribution is -2.10. The Balaban J connectivity index is 2.26. The van der Waals surface area contributed by atoms with Crippen LogP contribution >= 0.6 is 0 Å². The number of aromatic nitrogens is 3. The molecule has 6 nitrogen and oxygen atoms in total. The maximum atomic E-state index is 12.2. The van der Waals surface area contributed by atoms with E-state index in [9.17, 15) is 4.79 Å². The molecule has 1 aromatic heterocycles. The van der Waals surface area contributed by atoms with Crippen LogP contribution in [0.2, 0.25) is 0 Å². The number of carbonyl (C=O) groups excluding carboxylic acids is 1. The number of ketones is 1. The summed E-state index contributed by atoms with van der Waals surface area (Å²) >= 11 is 0. The summed E-state index contributed by atoms with van der Waals surface area (Å²) in [6, 6.07) is 5.10. The van der Waals surface area contributed by atoms with Crippen molar-refractivity contribution in [2.24, 2.45) is 7.05 Å². The van der Waals surface area contributed by atoms with Gasteiger partial charge in [0.1, 0.15) is 23.7 Å². The van der Waals surface area contributed by atoms with Crippen LogP contribution in [0.5, 0.6) is 11.5 Å². The second-order valence-electron chi connectivity index (χ2n) is 3.97. The van der Waals surface area contributed by atoms with E-state index >= 15 is 0 Å². The zero-order chi connectivity index (χ0) is 13.8. The number of nitrogens with zero attached hydrogens (tertiary/aromatic N) is 3. The number of aryl methyl sites for hydroxylation is 1. The van der Waals surface area contributed by atoms with Gasteiger partial charge in [-0.2, -0.15) is 5.10 Å². The molecule has 0 aliphatic rings. The third-order valence-electron chi connectivity index (χ3n) is 2.83. The number of benzene rings is 1. The van der Waals surface area contributed by atoms with Crippen LogP contribution in [0.25, 0.3) is 0 Å². The van der Waals surface area contributed by atoms with Crippen molar-refractivity contribution in [2.45, 2.75) is 6.42 Å². The van der Waals surface area contributed by atoms with Crippen molar-refractivity contribution in [1.82, 2.24) is 14.8 Å². The van der Waals surface area contributed by atoms with Gasteiger partial charge in [-0.3, -0.25) is 9.48 Å². The first-order chi connectivity index (χ1) is 9.15. The van der Waals surface area contributed by atoms with Crippen LogP contribution in [0.15, 0.2) is 24.5 Å². The molecule has 0 radical (unpaired) electrons. The lowest BCUT2D eigenvalue weighted by Gasteiger charge is -2.09. The van der Waals surface area contributed by atoms with Crippen LogP contribution in [0.1, 0.15) is 16.2 Å². The van der Waals surface area contributed by atoms with E-state index in [2.05, 4.69) is 10.1 Å². The summed E-state index contributed by atoms with van der Waals surface area (Å²) in [5.74, 6) is 1.68. The van der Waals surface area contributed by atoms with E-state index in [1.165, 1.54) is 13.4 Å². The number of methoxy groups -OCH3 is 2. The summed E-state index contributed by atoms with van der Waals surface area (Å²) in [6.45, 7) is 0. The first-order valence-electron chi connectivity index (χ1n) is 5.73. The molecule has 1 aromatic carbocycles. The number of Topliss-reactive ketones (excluding diaryl/α,β-unsaturated/α-hetero) is 1. The number of rotatable bonds is 5. The molecule has 100 valence electrons. The van der Waals surface area contributed by atoms with Crippen LogP contribution < -0.4 is 9.47 Å². The van der Waals surface area contributed by atoms with Crippen molar-refractivity contribution in [1.29, 1.82) is 0 Å². The van der Waals surface area contributed by atoms with Crippen molar-refractivity contribution in [3.8, 4) is 11.5 Å². The molecular weight excluding hydrogens is 246 g/mol. The Hall–Kier alpha value is -2.37. The maximum absolute atomic E-state index is 12.2. The Kier molecular flexibility index (Phi) is 3.79. The zero-order valence-electron chi connectivity index (χ0n) is 11.1. The highest BCUT2D eigenvalue weighted by molar-refractivity contribution is 5.99. The average molecular weight is 261 g/mol. The summed E-state index contributed by atoms with van der Waals surface area (Å²) in [4.78, 5) is 16.3. The number of hydrogen-bond acceptors (Lipinski definition) is 5. The van der Waals surface area contributed by atoms with Crippen LogP contribution in [0.3, 0.4) is 0 Å². The first kappa shape index (κ1) is 13.1. The second-order valence-corrected chi connectivity index (χ2v) is 3.97. The van der Waals surface area contributed by atoms with E-state index in [0.717, 1.165) is 0 Å². The molecule has 19 heavy (non-hydrogen) atoms. The molecule has 0 unspecified atom stereocenters. The first-order valence-corrected chi connectivity index (χ1v) is 5.73. The van der Waals surface area contributed by atoms with Gasteiger partial charge in [0.2, 0.25) is 0 Å². The largest absolute Gasteiger partial charge is 0.497 e. The van der Waals surface area contributed by atoms with Gasteiger partial charge in [-0.05, 0) is 12.1 Å². The Morgan fingerprint density at radius 1 is 1.32 bits per heavy atom. The fourth-order valence-electron chi connectivity index (χ4n) is 1.75. The molecule has 0 bridgehead atoms. The predicted molar refractivity (Wildman–Crippen MR) is 68.6 cm³/mol. The van der Waals surface area contributed by atoms with E-state index in [4.69, 9.17) is 9.47 Å². The number of ether oxygens (including phenoxy) is 2. The molecule has 0 saturated carbocycles. The average Bonchev–Trinajstić information content (AvgIpc) is 2.83. The van der Waals surface area contributed by atoms with E-state index in [1.807, 2.05) is 0 Å². The minimum Gasteiger partial charge on any atom is -0.497 e. The summed E-state index contributed by atoms with van der Waals surface area (Å²) in [6.07, 6.45) is 1.60. The predicted octanol–water partition coefficient (Wildman–Crippen LogP) is 1.26. The minimum absolute atomic E-state index is 0.0735. The Morgan fingerprint density at radius 3 is 2.68 bits per heavy atom. The van der Waals surface area contributed by atoms with E-state index < -0.39 is 0 Å². The molecular formula is C13H15N3O3. The second kappa shape index (κ2) is 5.51. The van der Waals surface area contributed by atoms with Gasteiger partial charge in [0.25, 0.3) is 0 Å². The van der Waals surface area contributed by atoms with Crippen LogP contribution in [-0.4, -0.2) is 34.8 Å². The van der Waals surface area contributed by atoms with Gasteiger partial charge in [-0.1, -0.05) is 0 Å². The van der Waals surface area contributed by atoms with Crippen molar-refractivity contribution >= 4 is 5.78 Å². The molecule has 0 atom stereocenters. The Labute approximate surface area is 111 Å². The van der Waals surface area contributed by atoms with E-state index in [0.29, 0.717) is 22.9 Å². The van der Waals surface area contributed by atoms with Gasteiger partial charge < -0.3 is 9.47 Å². The smallest absolute Gasteiger partial charge is 0.174 e. The Bertz CT molecular complexity index is 593. The molecule has 2 rings (SSSR count). The maximum Gasteiger partial charge on any atom is 0.174 e. The molecule has 2 aromatic rings. The molecule has 0 amide bonds. The van der Waals surface area contributed by atoms with Crippen molar-refractivity contribution in [3.05, 3.63) is 35.9 Å². The third kappa shape index (κ3) is 2.73. The summed E-state index contributed by atoms with van der Waals surface area (Å²) in [5.41, 5.74) is 0.506. The van der Waals surface area contributed by atoms with Crippen molar-refractivity contribution in [3.63, 3.8) is 0 Å². The van der Waals surface area contributed by atoms with Gasteiger partial charge in [0.15, 0.2) is 5.78 Å². The van der Waals surface area contributed by atoms with Crippen LogP contribution in [-0.2, 0) is 13.5 Å². The molecule has 6 heteroatoms. The van der Waals surface area contributed by atoms with Gasteiger partial charge in [0.05, 0.1) is 26.2 Å². The molecule has 0 saturated heterocycles. The molecule has 0 N–H and O–H groups in total. The fourth-order valence-corrected chi connectivity index (χ4v) is 1.75. The standard InChI is InChI=1S/C13H15N3O3/c1-16-13(14-8-15-16)7-11(17)10-5-4-9(18-2)6-12(10)19-3/h4-6,8H,7H2,1-3H3. The Morgan fingerprint density at radius 2 is 2.11 bits per heavy atom. The van der Waals surface area contributed by atoms with Crippen molar-refractivity contribution in [2.75, 3.05) is 14.2 Å². The molecule has 0 aliphatic carbocycles. The molecule has 1 heterocycles. The topological polar surface area (TPSA) is 66.2 Å². The fraction of sp³-hybridized carbons (Fsp3) is 0.308. The van der Waals surface area contributed by atoms with Gasteiger partial charge in [-0.25, -0.2) is 4.98 Å². The highest BCUT2D eigenvalue weighted by atomic mass is 16.5. The number of carbonyl (C=O) groups is 1. The third-order valence-corrected chi connectivity index (χ3v) is 2.83. The van der Waals surface area contributed by atoms with Crippen molar-refractivity contribution < 1.29 is 14.3 Å². The normalized spacial score (nSPS) is 10.3. The van der Waals surface area contributed by atoms with Gasteiger partial charge >= 0.3 is 0 Å².